The van der Waals surface area contributed by atoms with E-state index in [4.69, 9.17) is 14.6 Å². The molecule has 1 fully saturated rings. The predicted molar refractivity (Wildman–Crippen MR) is 101 cm³/mol. The Morgan fingerprint density at radius 1 is 1.08 bits per heavy atom. The van der Waals surface area contributed by atoms with Crippen molar-refractivity contribution in [1.29, 1.82) is 0 Å². The van der Waals surface area contributed by atoms with Crippen LogP contribution in [-0.2, 0) is 11.3 Å². The normalized spacial score (nSPS) is 16.2. The summed E-state index contributed by atoms with van der Waals surface area (Å²) >= 11 is 3.48. The molecule has 2 aliphatic rings. The van der Waals surface area contributed by atoms with Gasteiger partial charge in [-0.15, -0.1) is 0 Å². The van der Waals surface area contributed by atoms with Gasteiger partial charge in [-0.3, -0.25) is 4.90 Å². The van der Waals surface area contributed by atoms with Crippen LogP contribution in [0.15, 0.2) is 47.1 Å². The molecule has 6 nitrogen and oxygen atoms in total. The van der Waals surface area contributed by atoms with Crippen LogP contribution in [-0.4, -0.2) is 46.0 Å². The number of benzene rings is 1. The number of para-hydroxylation sites is 1. The Kier molecular flexibility index (Phi) is 4.00. The first-order valence-corrected chi connectivity index (χ1v) is 9.39. The summed E-state index contributed by atoms with van der Waals surface area (Å²) in [5, 5.41) is 4.85. The standard InChI is InChI=1S/C19H17BrN4O2/c20-13-9-18-19(21-11-13)24-16(15-3-1-2-4-17(15)26-18)10-14(22-24)12-23-5-7-25-8-6-23/h1-4,9-11H,5-8,12H2. The van der Waals surface area contributed by atoms with Crippen LogP contribution >= 0.6 is 15.9 Å². The Morgan fingerprint density at radius 3 is 2.81 bits per heavy atom. The van der Waals surface area contributed by atoms with E-state index >= 15 is 0 Å². The zero-order valence-electron chi connectivity index (χ0n) is 14.1. The molecular weight excluding hydrogens is 396 g/mol. The summed E-state index contributed by atoms with van der Waals surface area (Å²) in [6.07, 6.45) is 1.77. The van der Waals surface area contributed by atoms with Crippen LogP contribution in [0.1, 0.15) is 5.69 Å². The van der Waals surface area contributed by atoms with E-state index in [2.05, 4.69) is 37.9 Å². The van der Waals surface area contributed by atoms with E-state index in [1.165, 1.54) is 0 Å². The molecule has 7 heteroatoms. The summed E-state index contributed by atoms with van der Waals surface area (Å²) in [5.41, 5.74) is 3.04. The summed E-state index contributed by atoms with van der Waals surface area (Å²) in [5.74, 6) is 2.20. The predicted octanol–water partition coefficient (Wildman–Crippen LogP) is 3.63. The van der Waals surface area contributed by atoms with Gasteiger partial charge < -0.3 is 9.47 Å². The minimum Gasteiger partial charge on any atom is -0.453 e. The largest absolute Gasteiger partial charge is 0.453 e. The molecule has 0 saturated carbocycles. The maximum Gasteiger partial charge on any atom is 0.197 e. The summed E-state index contributed by atoms with van der Waals surface area (Å²) < 4.78 is 14.3. The number of morpholine rings is 1. The highest BCUT2D eigenvalue weighted by Crippen LogP contribution is 2.41. The number of pyridine rings is 1. The Balaban J connectivity index is 1.62. The van der Waals surface area contributed by atoms with Gasteiger partial charge >= 0.3 is 0 Å². The third-order valence-electron chi connectivity index (χ3n) is 4.63. The van der Waals surface area contributed by atoms with E-state index in [1.807, 2.05) is 28.9 Å². The van der Waals surface area contributed by atoms with Crippen molar-refractivity contribution in [2.75, 3.05) is 26.3 Å². The first-order chi connectivity index (χ1) is 12.8. The molecule has 0 radical (unpaired) electrons. The number of hydrogen-bond acceptors (Lipinski definition) is 5. The van der Waals surface area contributed by atoms with Crippen molar-refractivity contribution in [1.82, 2.24) is 19.7 Å². The van der Waals surface area contributed by atoms with Crippen molar-refractivity contribution in [3.63, 3.8) is 0 Å². The first-order valence-electron chi connectivity index (χ1n) is 8.60. The van der Waals surface area contributed by atoms with E-state index in [9.17, 15) is 0 Å². The van der Waals surface area contributed by atoms with Crippen molar-refractivity contribution in [3.05, 3.63) is 52.8 Å². The molecule has 0 N–H and O–H groups in total. The van der Waals surface area contributed by atoms with Crippen molar-refractivity contribution in [2.45, 2.75) is 6.54 Å². The lowest BCUT2D eigenvalue weighted by Crippen LogP contribution is -2.35. The molecule has 2 aromatic heterocycles. The molecule has 4 heterocycles. The number of ether oxygens (including phenoxy) is 2. The zero-order valence-corrected chi connectivity index (χ0v) is 15.6. The molecule has 2 aliphatic heterocycles. The van der Waals surface area contributed by atoms with E-state index in [1.54, 1.807) is 6.20 Å². The van der Waals surface area contributed by atoms with Gasteiger partial charge in [-0.2, -0.15) is 5.10 Å². The topological polar surface area (TPSA) is 52.4 Å². The lowest BCUT2D eigenvalue weighted by atomic mass is 10.1. The number of fused-ring (bicyclic) bond motifs is 5. The lowest BCUT2D eigenvalue weighted by molar-refractivity contribution is 0.0336. The molecule has 5 rings (SSSR count). The molecular formula is C19H17BrN4O2. The summed E-state index contributed by atoms with van der Waals surface area (Å²) in [4.78, 5) is 6.92. The van der Waals surface area contributed by atoms with Crippen LogP contribution in [0.2, 0.25) is 0 Å². The van der Waals surface area contributed by atoms with Crippen LogP contribution in [0.3, 0.4) is 0 Å². The SMILES string of the molecule is Brc1cnc2c(c1)Oc1ccccc1-c1cc(CN3CCOCC3)nn1-2. The fraction of sp³-hybridized carbons (Fsp3) is 0.263. The van der Waals surface area contributed by atoms with E-state index < -0.39 is 0 Å². The van der Waals surface area contributed by atoms with Gasteiger partial charge in [0.05, 0.1) is 24.6 Å². The number of rotatable bonds is 2. The fourth-order valence-electron chi connectivity index (χ4n) is 3.38. The van der Waals surface area contributed by atoms with Gasteiger partial charge in [0.25, 0.3) is 0 Å². The smallest absolute Gasteiger partial charge is 0.197 e. The number of aromatic nitrogens is 3. The minimum atomic E-state index is 0.687. The number of nitrogens with zero attached hydrogens (tertiary/aromatic N) is 4. The van der Waals surface area contributed by atoms with Gasteiger partial charge in [0.1, 0.15) is 5.75 Å². The molecule has 1 aromatic carbocycles. The van der Waals surface area contributed by atoms with Gasteiger partial charge in [-0.25, -0.2) is 9.67 Å². The molecule has 132 valence electrons. The molecule has 1 saturated heterocycles. The molecule has 0 aliphatic carbocycles. The van der Waals surface area contributed by atoms with Crippen molar-refractivity contribution < 1.29 is 9.47 Å². The third-order valence-corrected chi connectivity index (χ3v) is 5.07. The molecule has 0 amide bonds. The fourth-order valence-corrected chi connectivity index (χ4v) is 3.69. The molecule has 0 atom stereocenters. The van der Waals surface area contributed by atoms with E-state index in [-0.39, 0.29) is 0 Å². The Labute approximate surface area is 159 Å². The second-order valence-corrected chi connectivity index (χ2v) is 7.31. The third kappa shape index (κ3) is 2.82. The average molecular weight is 413 g/mol. The Morgan fingerprint density at radius 2 is 1.92 bits per heavy atom. The molecule has 3 aromatic rings. The van der Waals surface area contributed by atoms with E-state index in [0.29, 0.717) is 11.6 Å². The number of halogens is 1. The van der Waals surface area contributed by atoms with Crippen LogP contribution < -0.4 is 4.74 Å². The highest BCUT2D eigenvalue weighted by atomic mass is 79.9. The summed E-state index contributed by atoms with van der Waals surface area (Å²) in [6, 6.07) is 12.1. The number of hydrogen-bond donors (Lipinski definition) is 0. The van der Waals surface area contributed by atoms with Gasteiger partial charge in [0.15, 0.2) is 11.6 Å². The highest BCUT2D eigenvalue weighted by molar-refractivity contribution is 9.10. The maximum absolute atomic E-state index is 6.13. The quantitative estimate of drug-likeness (QED) is 0.503. The van der Waals surface area contributed by atoms with Crippen LogP contribution in [0.4, 0.5) is 0 Å². The van der Waals surface area contributed by atoms with Crippen LogP contribution in [0.25, 0.3) is 17.1 Å². The monoisotopic (exact) mass is 412 g/mol. The molecule has 0 spiro atoms. The van der Waals surface area contributed by atoms with Gasteiger partial charge in [-0.1, -0.05) is 12.1 Å². The molecule has 26 heavy (non-hydrogen) atoms. The Hall–Kier alpha value is -2.22. The minimum absolute atomic E-state index is 0.687. The average Bonchev–Trinajstić information content (AvgIpc) is 3.01. The highest BCUT2D eigenvalue weighted by Gasteiger charge is 2.24. The van der Waals surface area contributed by atoms with Crippen molar-refractivity contribution in [3.8, 4) is 28.6 Å². The Bertz CT molecular complexity index is 966. The van der Waals surface area contributed by atoms with Gasteiger partial charge in [-0.05, 0) is 34.1 Å². The second kappa shape index (κ2) is 6.50. The van der Waals surface area contributed by atoms with Crippen LogP contribution in [0, 0.1) is 0 Å². The summed E-state index contributed by atoms with van der Waals surface area (Å²) in [6.45, 7) is 4.23. The maximum atomic E-state index is 6.13. The van der Waals surface area contributed by atoms with Crippen LogP contribution in [0.5, 0.6) is 11.5 Å². The van der Waals surface area contributed by atoms with Gasteiger partial charge in [0.2, 0.25) is 0 Å². The first kappa shape index (κ1) is 16.0. The molecule has 0 bridgehead atoms. The summed E-state index contributed by atoms with van der Waals surface area (Å²) in [7, 11) is 0. The second-order valence-electron chi connectivity index (χ2n) is 6.39. The van der Waals surface area contributed by atoms with Crippen molar-refractivity contribution in [2.24, 2.45) is 0 Å². The van der Waals surface area contributed by atoms with Crippen molar-refractivity contribution >= 4 is 15.9 Å². The lowest BCUT2D eigenvalue weighted by Gasteiger charge is -2.25. The van der Waals surface area contributed by atoms with E-state index in [0.717, 1.165) is 60.0 Å². The van der Waals surface area contributed by atoms with Gasteiger partial charge in [0, 0.05) is 41.9 Å². The zero-order chi connectivity index (χ0) is 17.5. The molecule has 0 unspecified atom stereocenters.